The molecule has 6 heteroatoms. The fraction of sp³-hybridized carbons (Fsp3) is 0.500. The first kappa shape index (κ1) is 14.9. The highest BCUT2D eigenvalue weighted by Gasteiger charge is 2.37. The van der Waals surface area contributed by atoms with Crippen LogP contribution in [0.1, 0.15) is 32.1 Å². The molecule has 1 fully saturated rings. The van der Waals surface area contributed by atoms with Crippen LogP contribution in [0, 0.1) is 28.9 Å². The Bertz CT molecular complexity index is 637. The van der Waals surface area contributed by atoms with Crippen LogP contribution in [-0.2, 0) is 9.84 Å². The largest absolute Gasteiger partial charge is 0.223 e. The Balaban J connectivity index is 2.47. The lowest BCUT2D eigenvalue weighted by molar-refractivity contribution is 0.510. The first-order valence-corrected chi connectivity index (χ1v) is 8.10. The molecular weight excluding hydrogens is 284 g/mol. The molecule has 0 saturated heterocycles. The zero-order valence-electron chi connectivity index (χ0n) is 10.9. The Morgan fingerprint density at radius 2 is 1.85 bits per heavy atom. The molecule has 1 aromatic rings. The van der Waals surface area contributed by atoms with Crippen molar-refractivity contribution in [2.24, 2.45) is 5.92 Å². The summed E-state index contributed by atoms with van der Waals surface area (Å²) in [6, 6.07) is 4.39. The van der Waals surface area contributed by atoms with Crippen LogP contribution in [0.3, 0.4) is 0 Å². The minimum Gasteiger partial charge on any atom is -0.223 e. The number of sulfone groups is 1. The molecule has 20 heavy (non-hydrogen) atoms. The summed E-state index contributed by atoms with van der Waals surface area (Å²) in [6.45, 7) is 0. The zero-order valence-corrected chi connectivity index (χ0v) is 11.7. The second-order valence-electron chi connectivity index (χ2n) is 5.03. The standard InChI is InChI=1S/C14H15F2NO2S/c15-11-6-7-12(16)14(8-11)20(18,19)13-5-3-1-2-4-10(13)9-17/h6-8,10,13H,1-5H2. The van der Waals surface area contributed by atoms with E-state index in [0.29, 0.717) is 25.3 Å². The average Bonchev–Trinajstić information content (AvgIpc) is 2.66. The predicted molar refractivity (Wildman–Crippen MR) is 69.5 cm³/mol. The van der Waals surface area contributed by atoms with Gasteiger partial charge in [-0.15, -0.1) is 0 Å². The third kappa shape index (κ3) is 2.83. The molecule has 108 valence electrons. The minimum atomic E-state index is -4.04. The number of nitrogens with zero attached hydrogens (tertiary/aromatic N) is 1. The van der Waals surface area contributed by atoms with Crippen LogP contribution in [0.25, 0.3) is 0 Å². The van der Waals surface area contributed by atoms with Crippen molar-refractivity contribution in [3.05, 3.63) is 29.8 Å². The van der Waals surface area contributed by atoms with Gasteiger partial charge in [-0.25, -0.2) is 17.2 Å². The predicted octanol–water partition coefficient (Wildman–Crippen LogP) is 3.21. The minimum absolute atomic E-state index is 0.316. The number of halogens is 2. The molecule has 1 saturated carbocycles. The second-order valence-corrected chi connectivity index (χ2v) is 7.17. The van der Waals surface area contributed by atoms with Crippen molar-refractivity contribution in [3.8, 4) is 6.07 Å². The van der Waals surface area contributed by atoms with E-state index >= 15 is 0 Å². The highest BCUT2D eigenvalue weighted by Crippen LogP contribution is 2.33. The van der Waals surface area contributed by atoms with Gasteiger partial charge in [0.15, 0.2) is 9.84 Å². The van der Waals surface area contributed by atoms with Gasteiger partial charge in [-0.05, 0) is 31.0 Å². The quantitative estimate of drug-likeness (QED) is 0.788. The molecule has 1 aromatic carbocycles. The van der Waals surface area contributed by atoms with Gasteiger partial charge in [0.05, 0.1) is 17.2 Å². The lowest BCUT2D eigenvalue weighted by Gasteiger charge is -2.20. The Morgan fingerprint density at radius 1 is 1.15 bits per heavy atom. The van der Waals surface area contributed by atoms with Crippen molar-refractivity contribution < 1.29 is 17.2 Å². The van der Waals surface area contributed by atoms with E-state index in [4.69, 9.17) is 5.26 Å². The van der Waals surface area contributed by atoms with Crippen molar-refractivity contribution in [3.63, 3.8) is 0 Å². The zero-order chi connectivity index (χ0) is 14.8. The van der Waals surface area contributed by atoms with E-state index in [1.165, 1.54) is 0 Å². The van der Waals surface area contributed by atoms with Crippen LogP contribution in [0.4, 0.5) is 8.78 Å². The smallest absolute Gasteiger partial charge is 0.185 e. The van der Waals surface area contributed by atoms with Gasteiger partial charge in [0.2, 0.25) is 0 Å². The van der Waals surface area contributed by atoms with Crippen LogP contribution in [0.5, 0.6) is 0 Å². The van der Waals surface area contributed by atoms with Crippen molar-refractivity contribution in [2.75, 3.05) is 0 Å². The molecular formula is C14H15F2NO2S. The lowest BCUT2D eigenvalue weighted by atomic mass is 10.0. The van der Waals surface area contributed by atoms with E-state index in [1.807, 2.05) is 6.07 Å². The summed E-state index contributed by atoms with van der Waals surface area (Å²) in [5, 5.41) is 8.19. The van der Waals surface area contributed by atoms with Crippen molar-refractivity contribution in [1.29, 1.82) is 5.26 Å². The first-order valence-electron chi connectivity index (χ1n) is 6.55. The lowest BCUT2D eigenvalue weighted by Crippen LogP contribution is -2.29. The molecule has 2 atom stereocenters. The molecule has 0 aromatic heterocycles. The normalized spacial score (nSPS) is 23.9. The molecule has 0 aliphatic heterocycles. The molecule has 0 amide bonds. The monoisotopic (exact) mass is 299 g/mol. The summed E-state index contributed by atoms with van der Waals surface area (Å²) < 4.78 is 52.0. The van der Waals surface area contributed by atoms with Gasteiger partial charge in [-0.3, -0.25) is 0 Å². The number of nitriles is 1. The van der Waals surface area contributed by atoms with Gasteiger partial charge in [-0.1, -0.05) is 19.3 Å². The molecule has 2 rings (SSSR count). The van der Waals surface area contributed by atoms with E-state index in [9.17, 15) is 17.2 Å². The molecule has 3 nitrogen and oxygen atoms in total. The summed E-state index contributed by atoms with van der Waals surface area (Å²) in [5.74, 6) is -2.43. The van der Waals surface area contributed by atoms with Crippen LogP contribution in [0.15, 0.2) is 23.1 Å². The van der Waals surface area contributed by atoms with Crippen LogP contribution < -0.4 is 0 Å². The van der Waals surface area contributed by atoms with Crippen molar-refractivity contribution in [2.45, 2.75) is 42.2 Å². The Labute approximate surface area is 117 Å². The molecule has 0 radical (unpaired) electrons. The summed E-state index contributed by atoms with van der Waals surface area (Å²) in [6.07, 6.45) is 3.12. The summed E-state index contributed by atoms with van der Waals surface area (Å²) in [4.78, 5) is -0.635. The maximum absolute atomic E-state index is 13.7. The Morgan fingerprint density at radius 3 is 2.55 bits per heavy atom. The topological polar surface area (TPSA) is 57.9 Å². The third-order valence-corrected chi connectivity index (χ3v) is 6.00. The van der Waals surface area contributed by atoms with Crippen LogP contribution >= 0.6 is 0 Å². The number of rotatable bonds is 2. The fourth-order valence-electron chi connectivity index (χ4n) is 2.65. The molecule has 2 unspecified atom stereocenters. The molecule has 0 N–H and O–H groups in total. The molecule has 0 heterocycles. The Hall–Kier alpha value is -1.48. The first-order chi connectivity index (χ1) is 9.46. The van der Waals surface area contributed by atoms with Crippen LogP contribution in [-0.4, -0.2) is 13.7 Å². The Kier molecular flexibility index (Phi) is 4.39. The highest BCUT2D eigenvalue weighted by atomic mass is 32.2. The van der Waals surface area contributed by atoms with Gasteiger partial charge in [0, 0.05) is 0 Å². The molecule has 1 aliphatic carbocycles. The summed E-state index contributed by atoms with van der Waals surface area (Å²) in [7, 11) is -4.04. The van der Waals surface area contributed by atoms with Gasteiger partial charge >= 0.3 is 0 Å². The van der Waals surface area contributed by atoms with E-state index in [-0.39, 0.29) is 0 Å². The van der Waals surface area contributed by atoms with E-state index in [1.54, 1.807) is 0 Å². The number of hydrogen-bond acceptors (Lipinski definition) is 3. The van der Waals surface area contributed by atoms with Gasteiger partial charge in [-0.2, -0.15) is 5.26 Å². The maximum Gasteiger partial charge on any atom is 0.185 e. The third-order valence-electron chi connectivity index (χ3n) is 3.72. The summed E-state index contributed by atoms with van der Waals surface area (Å²) >= 11 is 0. The van der Waals surface area contributed by atoms with Crippen LogP contribution in [0.2, 0.25) is 0 Å². The van der Waals surface area contributed by atoms with Crippen molar-refractivity contribution >= 4 is 9.84 Å². The average molecular weight is 299 g/mol. The maximum atomic E-state index is 13.7. The van der Waals surface area contributed by atoms with Gasteiger partial charge in [0.1, 0.15) is 16.5 Å². The molecule has 1 aliphatic rings. The van der Waals surface area contributed by atoms with Crippen molar-refractivity contribution in [1.82, 2.24) is 0 Å². The van der Waals surface area contributed by atoms with E-state index in [0.717, 1.165) is 25.0 Å². The number of benzene rings is 1. The van der Waals surface area contributed by atoms with E-state index < -0.39 is 37.5 Å². The molecule has 0 bridgehead atoms. The SMILES string of the molecule is N#CC1CCCCCC1S(=O)(=O)c1cc(F)ccc1F. The van der Waals surface area contributed by atoms with E-state index in [2.05, 4.69) is 0 Å². The molecule has 0 spiro atoms. The fourth-order valence-corrected chi connectivity index (χ4v) is 4.70. The summed E-state index contributed by atoms with van der Waals surface area (Å²) in [5.41, 5.74) is 0. The number of hydrogen-bond donors (Lipinski definition) is 0. The second kappa shape index (κ2) is 5.88. The van der Waals surface area contributed by atoms with Gasteiger partial charge in [0.25, 0.3) is 0 Å². The van der Waals surface area contributed by atoms with Gasteiger partial charge < -0.3 is 0 Å². The highest BCUT2D eigenvalue weighted by molar-refractivity contribution is 7.92.